The molecule has 1 heterocycles. The van der Waals surface area contributed by atoms with Gasteiger partial charge in [0.15, 0.2) is 0 Å². The number of carbonyl (C=O) groups is 2. The number of aromatic nitrogens is 1. The number of anilines is 1. The highest BCUT2D eigenvalue weighted by Crippen LogP contribution is 2.28. The van der Waals surface area contributed by atoms with Crippen molar-refractivity contribution in [3.63, 3.8) is 0 Å². The summed E-state index contributed by atoms with van der Waals surface area (Å²) in [6.45, 7) is 4.70. The van der Waals surface area contributed by atoms with Gasteiger partial charge >= 0.3 is 5.97 Å². The third-order valence-corrected chi connectivity index (χ3v) is 4.77. The van der Waals surface area contributed by atoms with Crippen LogP contribution in [0.25, 0.3) is 0 Å². The van der Waals surface area contributed by atoms with E-state index in [0.717, 1.165) is 5.56 Å². The molecule has 1 amide bonds. The molecule has 31 heavy (non-hydrogen) atoms. The van der Waals surface area contributed by atoms with Gasteiger partial charge in [0.1, 0.15) is 5.75 Å². The zero-order valence-electron chi connectivity index (χ0n) is 17.4. The number of esters is 1. The monoisotopic (exact) mass is 438 g/mol. The third-order valence-electron chi connectivity index (χ3n) is 4.48. The molecule has 0 unspecified atom stereocenters. The van der Waals surface area contributed by atoms with Crippen LogP contribution in [0, 0.1) is 0 Å². The molecule has 0 aliphatic rings. The van der Waals surface area contributed by atoms with Crippen LogP contribution in [0.15, 0.2) is 67.0 Å². The molecule has 0 saturated heterocycles. The Balaban J connectivity index is 1.93. The molecule has 0 saturated carbocycles. The molecule has 160 valence electrons. The maximum Gasteiger partial charge on any atom is 0.338 e. The minimum Gasteiger partial charge on any atom is -0.492 e. The minimum absolute atomic E-state index is 0.238. The van der Waals surface area contributed by atoms with Crippen LogP contribution in [0.1, 0.15) is 40.1 Å². The number of carbonyl (C=O) groups excluding carboxylic acids is 2. The van der Waals surface area contributed by atoms with E-state index in [-0.39, 0.29) is 5.91 Å². The van der Waals surface area contributed by atoms with Gasteiger partial charge in [-0.25, -0.2) is 4.79 Å². The number of hydrogen-bond acceptors (Lipinski definition) is 5. The lowest BCUT2D eigenvalue weighted by Crippen LogP contribution is -2.30. The minimum atomic E-state index is -0.405. The van der Waals surface area contributed by atoms with E-state index in [1.54, 1.807) is 66.7 Å². The molecule has 1 aromatic heterocycles. The zero-order chi connectivity index (χ0) is 22.2. The Labute approximate surface area is 186 Å². The summed E-state index contributed by atoms with van der Waals surface area (Å²) < 4.78 is 10.5. The van der Waals surface area contributed by atoms with Gasteiger partial charge in [-0.3, -0.25) is 9.78 Å². The molecule has 0 aliphatic carbocycles. The average molecular weight is 439 g/mol. The highest BCUT2D eigenvalue weighted by atomic mass is 35.5. The maximum atomic E-state index is 13.4. The van der Waals surface area contributed by atoms with E-state index in [1.165, 1.54) is 0 Å². The first-order valence-electron chi connectivity index (χ1n) is 9.93. The molecular formula is C24H23ClN2O4. The summed E-state index contributed by atoms with van der Waals surface area (Å²) in [6.07, 6.45) is 3.38. The number of ether oxygens (including phenoxy) is 2. The van der Waals surface area contributed by atoms with E-state index < -0.39 is 5.97 Å². The average Bonchev–Trinajstić information content (AvgIpc) is 2.79. The highest BCUT2D eigenvalue weighted by molar-refractivity contribution is 6.32. The number of benzene rings is 2. The van der Waals surface area contributed by atoms with E-state index in [2.05, 4.69) is 4.98 Å². The van der Waals surface area contributed by atoms with Crippen molar-refractivity contribution in [2.45, 2.75) is 20.4 Å². The van der Waals surface area contributed by atoms with Gasteiger partial charge < -0.3 is 14.4 Å². The predicted molar refractivity (Wildman–Crippen MR) is 120 cm³/mol. The Morgan fingerprint density at radius 3 is 2.35 bits per heavy atom. The third kappa shape index (κ3) is 5.61. The highest BCUT2D eigenvalue weighted by Gasteiger charge is 2.20. The van der Waals surface area contributed by atoms with Crippen molar-refractivity contribution in [2.24, 2.45) is 0 Å². The number of nitrogens with zero attached hydrogens (tertiary/aromatic N) is 2. The van der Waals surface area contributed by atoms with Crippen molar-refractivity contribution in [2.75, 3.05) is 18.1 Å². The molecule has 0 spiro atoms. The van der Waals surface area contributed by atoms with Crippen LogP contribution < -0.4 is 9.64 Å². The van der Waals surface area contributed by atoms with E-state index in [1.807, 2.05) is 19.1 Å². The largest absolute Gasteiger partial charge is 0.492 e. The van der Waals surface area contributed by atoms with E-state index in [4.69, 9.17) is 21.1 Å². The van der Waals surface area contributed by atoms with Crippen LogP contribution in [-0.4, -0.2) is 30.1 Å². The van der Waals surface area contributed by atoms with E-state index in [0.29, 0.717) is 47.3 Å². The summed E-state index contributed by atoms with van der Waals surface area (Å²) in [5.74, 6) is -0.117. The van der Waals surface area contributed by atoms with Gasteiger partial charge in [-0.2, -0.15) is 0 Å². The zero-order valence-corrected chi connectivity index (χ0v) is 18.1. The van der Waals surface area contributed by atoms with Gasteiger partial charge in [0.2, 0.25) is 0 Å². The predicted octanol–water partition coefficient (Wildman–Crippen LogP) is 5.16. The quantitative estimate of drug-likeness (QED) is 0.454. The Morgan fingerprint density at radius 2 is 1.74 bits per heavy atom. The van der Waals surface area contributed by atoms with E-state index in [9.17, 15) is 9.59 Å². The van der Waals surface area contributed by atoms with Gasteiger partial charge in [-0.1, -0.05) is 17.7 Å². The Morgan fingerprint density at radius 1 is 1.00 bits per heavy atom. The molecule has 2 aromatic carbocycles. The Bertz CT molecular complexity index is 1040. The first kappa shape index (κ1) is 22.3. The molecule has 7 heteroatoms. The molecule has 0 radical (unpaired) electrons. The van der Waals surface area contributed by atoms with Gasteiger partial charge in [0, 0.05) is 23.6 Å². The van der Waals surface area contributed by atoms with Gasteiger partial charge in [0.25, 0.3) is 5.91 Å². The lowest BCUT2D eigenvalue weighted by molar-refractivity contribution is 0.0526. The van der Waals surface area contributed by atoms with Crippen molar-refractivity contribution >= 4 is 29.2 Å². The van der Waals surface area contributed by atoms with Crippen LogP contribution in [0.2, 0.25) is 5.02 Å². The SMILES string of the molecule is CCOC(=O)c1ccc(N(Cc2cccnc2)C(=O)c2ccc(OCC)c(Cl)c2)cc1. The van der Waals surface area contributed by atoms with Crippen molar-refractivity contribution in [3.8, 4) is 5.75 Å². The first-order valence-corrected chi connectivity index (χ1v) is 10.3. The number of halogens is 1. The Kier molecular flexibility index (Phi) is 7.62. The normalized spacial score (nSPS) is 10.4. The fourth-order valence-electron chi connectivity index (χ4n) is 3.01. The summed E-state index contributed by atoms with van der Waals surface area (Å²) in [5, 5.41) is 0.367. The number of hydrogen-bond donors (Lipinski definition) is 0. The lowest BCUT2D eigenvalue weighted by Gasteiger charge is -2.23. The standard InChI is InChI=1S/C24H23ClN2O4/c1-3-30-22-12-9-19(14-21(22)25)23(28)27(16-17-6-5-13-26-15-17)20-10-7-18(8-11-20)24(29)31-4-2/h5-15H,3-4,16H2,1-2H3. The van der Waals surface area contributed by atoms with Crippen LogP contribution in [0.4, 0.5) is 5.69 Å². The van der Waals surface area contributed by atoms with Gasteiger partial charge in [-0.05, 0) is 67.9 Å². The Hall–Kier alpha value is -3.38. The fourth-order valence-corrected chi connectivity index (χ4v) is 3.24. The maximum absolute atomic E-state index is 13.4. The number of pyridine rings is 1. The molecule has 0 atom stereocenters. The van der Waals surface area contributed by atoms with Crippen molar-refractivity contribution in [3.05, 3.63) is 88.7 Å². The summed E-state index contributed by atoms with van der Waals surface area (Å²) in [7, 11) is 0. The summed E-state index contributed by atoms with van der Waals surface area (Å²) in [5.41, 5.74) is 2.34. The van der Waals surface area contributed by atoms with Gasteiger partial charge in [0.05, 0.1) is 30.3 Å². The summed E-state index contributed by atoms with van der Waals surface area (Å²) in [4.78, 5) is 31.1. The second kappa shape index (κ2) is 10.6. The van der Waals surface area contributed by atoms with Crippen molar-refractivity contribution in [1.82, 2.24) is 4.98 Å². The topological polar surface area (TPSA) is 68.7 Å². The lowest BCUT2D eigenvalue weighted by atomic mass is 10.1. The molecule has 0 fully saturated rings. The van der Waals surface area contributed by atoms with E-state index >= 15 is 0 Å². The fraction of sp³-hybridized carbons (Fsp3) is 0.208. The molecule has 6 nitrogen and oxygen atoms in total. The molecule has 0 aliphatic heterocycles. The van der Waals surface area contributed by atoms with Gasteiger partial charge in [-0.15, -0.1) is 0 Å². The van der Waals surface area contributed by atoms with Crippen molar-refractivity contribution < 1.29 is 19.1 Å². The molecule has 0 bridgehead atoms. The molecule has 3 rings (SSSR count). The van der Waals surface area contributed by atoms with Crippen molar-refractivity contribution in [1.29, 1.82) is 0 Å². The molecular weight excluding hydrogens is 416 g/mol. The number of rotatable bonds is 8. The molecule has 0 N–H and O–H groups in total. The van der Waals surface area contributed by atoms with Crippen LogP contribution in [0.5, 0.6) is 5.75 Å². The van der Waals surface area contributed by atoms with Crippen LogP contribution in [0.3, 0.4) is 0 Å². The summed E-state index contributed by atoms with van der Waals surface area (Å²) in [6, 6.07) is 15.4. The van der Waals surface area contributed by atoms with Crippen LogP contribution in [-0.2, 0) is 11.3 Å². The number of amides is 1. The van der Waals surface area contributed by atoms with Crippen LogP contribution >= 0.6 is 11.6 Å². The smallest absolute Gasteiger partial charge is 0.338 e. The first-order chi connectivity index (χ1) is 15.0. The second-order valence-corrected chi connectivity index (χ2v) is 7.01. The summed E-state index contributed by atoms with van der Waals surface area (Å²) >= 11 is 6.29. The molecule has 3 aromatic rings. The second-order valence-electron chi connectivity index (χ2n) is 6.60.